The second kappa shape index (κ2) is 2.76. The van der Waals surface area contributed by atoms with Crippen LogP contribution < -0.4 is 0 Å². The molecule has 3 fully saturated rings. The molecule has 4 atom stereocenters. The topological polar surface area (TPSA) is 9.23 Å². The summed E-state index contributed by atoms with van der Waals surface area (Å²) in [6.07, 6.45) is 9.33. The SMILES string of the molecule is CO/C=C1\CC[C@H]2[C@H]3CC[C@H](C3)[C@@H]12. The van der Waals surface area contributed by atoms with Gasteiger partial charge in [-0.3, -0.25) is 0 Å². The maximum absolute atomic E-state index is 5.18. The van der Waals surface area contributed by atoms with Gasteiger partial charge < -0.3 is 4.74 Å². The van der Waals surface area contributed by atoms with E-state index in [1.165, 1.54) is 32.1 Å². The van der Waals surface area contributed by atoms with Crippen molar-refractivity contribution < 1.29 is 4.74 Å². The molecule has 0 aromatic rings. The summed E-state index contributed by atoms with van der Waals surface area (Å²) in [5.74, 6) is 4.08. The third-order valence-electron chi connectivity index (χ3n) is 4.55. The van der Waals surface area contributed by atoms with Gasteiger partial charge in [-0.2, -0.15) is 0 Å². The Balaban J connectivity index is 1.87. The maximum atomic E-state index is 5.18. The van der Waals surface area contributed by atoms with E-state index in [0.29, 0.717) is 0 Å². The van der Waals surface area contributed by atoms with Gasteiger partial charge in [-0.05, 0) is 61.3 Å². The zero-order valence-electron chi connectivity index (χ0n) is 8.33. The number of fused-ring (bicyclic) bond motifs is 5. The third-order valence-corrected chi connectivity index (χ3v) is 4.55. The Bertz CT molecular complexity index is 244. The van der Waals surface area contributed by atoms with Crippen molar-refractivity contribution in [1.82, 2.24) is 0 Å². The molecule has 3 aliphatic rings. The fraction of sp³-hybridized carbons (Fsp3) is 0.833. The van der Waals surface area contributed by atoms with E-state index in [-0.39, 0.29) is 0 Å². The van der Waals surface area contributed by atoms with Crippen molar-refractivity contribution >= 4 is 0 Å². The summed E-state index contributed by atoms with van der Waals surface area (Å²) >= 11 is 0. The molecule has 0 heterocycles. The summed E-state index contributed by atoms with van der Waals surface area (Å²) in [4.78, 5) is 0. The van der Waals surface area contributed by atoms with Gasteiger partial charge in [0.1, 0.15) is 0 Å². The average molecular weight is 178 g/mol. The molecule has 3 rings (SSSR count). The zero-order valence-corrected chi connectivity index (χ0v) is 8.33. The highest BCUT2D eigenvalue weighted by molar-refractivity contribution is 5.19. The van der Waals surface area contributed by atoms with Crippen LogP contribution in [0.15, 0.2) is 11.8 Å². The van der Waals surface area contributed by atoms with E-state index in [0.717, 1.165) is 23.7 Å². The number of hydrogen-bond acceptors (Lipinski definition) is 1. The van der Waals surface area contributed by atoms with Gasteiger partial charge in [0.2, 0.25) is 0 Å². The Morgan fingerprint density at radius 2 is 2.08 bits per heavy atom. The van der Waals surface area contributed by atoms with Crippen LogP contribution in [0.2, 0.25) is 0 Å². The van der Waals surface area contributed by atoms with Crippen LogP contribution in [0.5, 0.6) is 0 Å². The lowest BCUT2D eigenvalue weighted by Crippen LogP contribution is -2.17. The van der Waals surface area contributed by atoms with E-state index in [2.05, 4.69) is 0 Å². The van der Waals surface area contributed by atoms with E-state index < -0.39 is 0 Å². The number of allylic oxidation sites excluding steroid dienone is 1. The minimum Gasteiger partial charge on any atom is -0.504 e. The summed E-state index contributed by atoms with van der Waals surface area (Å²) in [6.45, 7) is 0. The van der Waals surface area contributed by atoms with E-state index in [4.69, 9.17) is 4.74 Å². The van der Waals surface area contributed by atoms with Gasteiger partial charge in [-0.1, -0.05) is 0 Å². The monoisotopic (exact) mass is 178 g/mol. The van der Waals surface area contributed by atoms with Crippen molar-refractivity contribution in [3.63, 3.8) is 0 Å². The largest absolute Gasteiger partial charge is 0.504 e. The third kappa shape index (κ3) is 0.992. The molecule has 1 heteroatoms. The summed E-state index contributed by atoms with van der Waals surface area (Å²) < 4.78 is 5.18. The summed E-state index contributed by atoms with van der Waals surface area (Å²) in [6, 6.07) is 0. The second-order valence-electron chi connectivity index (χ2n) is 4.99. The number of ether oxygens (including phenoxy) is 1. The van der Waals surface area contributed by atoms with Crippen molar-refractivity contribution in [3.05, 3.63) is 11.8 Å². The molecule has 0 aromatic heterocycles. The van der Waals surface area contributed by atoms with Crippen LogP contribution in [0.4, 0.5) is 0 Å². The maximum Gasteiger partial charge on any atom is 0.0819 e. The molecule has 3 aliphatic carbocycles. The lowest BCUT2D eigenvalue weighted by molar-refractivity contribution is 0.273. The van der Waals surface area contributed by atoms with Gasteiger partial charge >= 0.3 is 0 Å². The molecular weight excluding hydrogens is 160 g/mol. The molecule has 72 valence electrons. The Labute approximate surface area is 80.2 Å². The summed E-state index contributed by atoms with van der Waals surface area (Å²) in [7, 11) is 1.79. The van der Waals surface area contributed by atoms with E-state index in [1.807, 2.05) is 6.26 Å². The van der Waals surface area contributed by atoms with Crippen LogP contribution in [-0.2, 0) is 4.74 Å². The van der Waals surface area contributed by atoms with Crippen molar-refractivity contribution in [3.8, 4) is 0 Å². The first-order valence-electron chi connectivity index (χ1n) is 5.62. The van der Waals surface area contributed by atoms with Crippen LogP contribution in [-0.4, -0.2) is 7.11 Å². The van der Waals surface area contributed by atoms with E-state index in [1.54, 1.807) is 12.7 Å². The highest BCUT2D eigenvalue weighted by atomic mass is 16.5. The predicted octanol–water partition coefficient (Wildman–Crippen LogP) is 2.97. The zero-order chi connectivity index (χ0) is 8.84. The van der Waals surface area contributed by atoms with Crippen LogP contribution in [0, 0.1) is 23.7 Å². The lowest BCUT2D eigenvalue weighted by atomic mass is 9.80. The number of methoxy groups -OCH3 is 1. The molecule has 0 N–H and O–H groups in total. The molecule has 3 saturated carbocycles. The summed E-state index contributed by atoms with van der Waals surface area (Å²) in [5.41, 5.74) is 1.62. The van der Waals surface area contributed by atoms with Gasteiger partial charge in [0.15, 0.2) is 0 Å². The Hall–Kier alpha value is -0.460. The first kappa shape index (κ1) is 7.90. The fourth-order valence-electron chi connectivity index (χ4n) is 4.19. The molecule has 0 radical (unpaired) electrons. The Kier molecular flexibility index (Phi) is 1.68. The highest BCUT2D eigenvalue weighted by Crippen LogP contribution is 2.60. The molecular formula is C12H18O. The van der Waals surface area contributed by atoms with Crippen molar-refractivity contribution in [1.29, 1.82) is 0 Å². The first-order chi connectivity index (χ1) is 6.40. The standard InChI is InChI=1S/C12H18O/c1-13-7-10-4-5-11-8-2-3-9(6-8)12(10)11/h7-9,11-12H,2-6H2,1H3/b10-7+/t8-,9+,11-,12-/m0/s1. The molecule has 0 aliphatic heterocycles. The van der Waals surface area contributed by atoms with Crippen LogP contribution in [0.25, 0.3) is 0 Å². The van der Waals surface area contributed by atoms with Crippen molar-refractivity contribution in [2.75, 3.05) is 7.11 Å². The number of hydrogen-bond donors (Lipinski definition) is 0. The average Bonchev–Trinajstić information content (AvgIpc) is 2.74. The fourth-order valence-corrected chi connectivity index (χ4v) is 4.19. The minimum atomic E-state index is 0.929. The second-order valence-corrected chi connectivity index (χ2v) is 4.99. The number of rotatable bonds is 1. The van der Waals surface area contributed by atoms with E-state index >= 15 is 0 Å². The molecule has 1 nitrogen and oxygen atoms in total. The first-order valence-corrected chi connectivity index (χ1v) is 5.62. The molecule has 0 amide bonds. The molecule has 0 saturated heterocycles. The van der Waals surface area contributed by atoms with Crippen LogP contribution in [0.3, 0.4) is 0 Å². The van der Waals surface area contributed by atoms with Gasteiger partial charge in [0.25, 0.3) is 0 Å². The highest BCUT2D eigenvalue weighted by Gasteiger charge is 2.51. The summed E-state index contributed by atoms with van der Waals surface area (Å²) in [5, 5.41) is 0. The Morgan fingerprint density at radius 3 is 2.92 bits per heavy atom. The molecule has 0 spiro atoms. The predicted molar refractivity (Wildman–Crippen MR) is 52.1 cm³/mol. The van der Waals surface area contributed by atoms with Crippen LogP contribution >= 0.6 is 0 Å². The smallest absolute Gasteiger partial charge is 0.0819 e. The van der Waals surface area contributed by atoms with Crippen molar-refractivity contribution in [2.24, 2.45) is 23.7 Å². The lowest BCUT2D eigenvalue weighted by Gasteiger charge is -2.24. The van der Waals surface area contributed by atoms with Gasteiger partial charge in [0.05, 0.1) is 13.4 Å². The molecule has 0 unspecified atom stereocenters. The van der Waals surface area contributed by atoms with E-state index in [9.17, 15) is 0 Å². The quantitative estimate of drug-likeness (QED) is 0.561. The Morgan fingerprint density at radius 1 is 1.23 bits per heavy atom. The minimum absolute atomic E-state index is 0.929. The van der Waals surface area contributed by atoms with Crippen molar-refractivity contribution in [2.45, 2.75) is 32.1 Å². The normalized spacial score (nSPS) is 50.1. The van der Waals surface area contributed by atoms with Gasteiger partial charge in [0, 0.05) is 0 Å². The molecule has 2 bridgehead atoms. The van der Waals surface area contributed by atoms with Gasteiger partial charge in [-0.15, -0.1) is 0 Å². The molecule has 0 aromatic carbocycles. The molecule has 13 heavy (non-hydrogen) atoms. The van der Waals surface area contributed by atoms with Gasteiger partial charge in [-0.25, -0.2) is 0 Å². The van der Waals surface area contributed by atoms with Crippen LogP contribution in [0.1, 0.15) is 32.1 Å².